The van der Waals surface area contributed by atoms with E-state index < -0.39 is 22.6 Å². The van der Waals surface area contributed by atoms with E-state index in [1.165, 1.54) is 36.5 Å². The summed E-state index contributed by atoms with van der Waals surface area (Å²) in [5.41, 5.74) is 2.48. The van der Waals surface area contributed by atoms with E-state index in [2.05, 4.69) is 20.8 Å². The fourth-order valence-electron chi connectivity index (χ4n) is 2.44. The molecule has 0 saturated heterocycles. The first-order valence-corrected chi connectivity index (χ1v) is 9.54. The van der Waals surface area contributed by atoms with Crippen molar-refractivity contribution in [1.29, 1.82) is 0 Å². The number of hydrogen-bond acceptors (Lipinski definition) is 7. The smallest absolute Gasteiger partial charge is 0.332 e. The van der Waals surface area contributed by atoms with Gasteiger partial charge in [-0.2, -0.15) is 18.3 Å². The standard InChI is InChI=1S/C19H14F3N5O3S/c20-19(21,22)13-4-2-5-14(8-13)24-18-25-15(11-31-18)9-17(28)26-23-10-12-3-1-6-16(7-12)27(29)30/h1-8,10-11H,9H2,(H,24,25)(H,26,28)/b23-10-. The van der Waals surface area contributed by atoms with E-state index in [1.807, 2.05) is 0 Å². The molecule has 1 heterocycles. The molecule has 1 amide bonds. The van der Waals surface area contributed by atoms with Gasteiger partial charge in [-0.25, -0.2) is 10.4 Å². The Labute approximate surface area is 177 Å². The zero-order valence-electron chi connectivity index (χ0n) is 15.6. The van der Waals surface area contributed by atoms with Crippen LogP contribution in [0.2, 0.25) is 0 Å². The van der Waals surface area contributed by atoms with Gasteiger partial charge in [-0.15, -0.1) is 11.3 Å². The number of aromatic nitrogens is 1. The lowest BCUT2D eigenvalue weighted by Gasteiger charge is -2.08. The van der Waals surface area contributed by atoms with Gasteiger partial charge in [0.1, 0.15) is 0 Å². The molecule has 0 unspecified atom stereocenters. The summed E-state index contributed by atoms with van der Waals surface area (Å²) >= 11 is 1.14. The molecule has 2 aromatic carbocycles. The number of halogens is 3. The third-order valence-electron chi connectivity index (χ3n) is 3.82. The topological polar surface area (TPSA) is 110 Å². The number of anilines is 2. The second-order valence-electron chi connectivity index (χ2n) is 6.17. The quantitative estimate of drug-likeness (QED) is 0.313. The Balaban J connectivity index is 1.55. The van der Waals surface area contributed by atoms with Crippen molar-refractivity contribution in [3.63, 3.8) is 0 Å². The predicted octanol–water partition coefficient (Wildman–Crippen LogP) is 4.51. The lowest BCUT2D eigenvalue weighted by molar-refractivity contribution is -0.384. The minimum Gasteiger partial charge on any atom is -0.332 e. The van der Waals surface area contributed by atoms with Gasteiger partial charge in [0.2, 0.25) is 5.91 Å². The number of amides is 1. The molecule has 0 fully saturated rings. The molecule has 1 aromatic heterocycles. The number of non-ortho nitro benzene ring substituents is 1. The molecule has 0 aliphatic heterocycles. The van der Waals surface area contributed by atoms with Crippen LogP contribution in [0.5, 0.6) is 0 Å². The van der Waals surface area contributed by atoms with Crippen LogP contribution in [0.15, 0.2) is 59.0 Å². The Morgan fingerprint density at radius 1 is 1.23 bits per heavy atom. The third kappa shape index (κ3) is 6.34. The fourth-order valence-corrected chi connectivity index (χ4v) is 3.17. The Bertz CT molecular complexity index is 1130. The van der Waals surface area contributed by atoms with Crippen LogP contribution in [0.25, 0.3) is 0 Å². The van der Waals surface area contributed by atoms with Gasteiger partial charge in [-0.1, -0.05) is 18.2 Å². The zero-order chi connectivity index (χ0) is 22.4. The second kappa shape index (κ2) is 9.34. The van der Waals surface area contributed by atoms with Crippen molar-refractivity contribution in [2.75, 3.05) is 5.32 Å². The monoisotopic (exact) mass is 449 g/mol. The van der Waals surface area contributed by atoms with Gasteiger partial charge in [-0.05, 0) is 18.2 Å². The first-order chi connectivity index (χ1) is 14.7. The number of hydrogen-bond donors (Lipinski definition) is 2. The first kappa shape index (κ1) is 21.9. The largest absolute Gasteiger partial charge is 0.416 e. The molecule has 0 bridgehead atoms. The van der Waals surface area contributed by atoms with Gasteiger partial charge in [0.15, 0.2) is 5.13 Å². The summed E-state index contributed by atoms with van der Waals surface area (Å²) in [7, 11) is 0. The van der Waals surface area contributed by atoms with Crippen LogP contribution >= 0.6 is 11.3 Å². The van der Waals surface area contributed by atoms with Gasteiger partial charge in [0.25, 0.3) is 5.69 Å². The number of nitro groups is 1. The van der Waals surface area contributed by atoms with Gasteiger partial charge in [0.05, 0.1) is 28.8 Å². The minimum absolute atomic E-state index is 0.0986. The highest BCUT2D eigenvalue weighted by molar-refractivity contribution is 7.13. The molecular weight excluding hydrogens is 435 g/mol. The molecule has 3 aromatic rings. The SMILES string of the molecule is O=C(Cc1csc(Nc2cccc(C(F)(F)F)c2)n1)N/N=C\c1cccc([N+](=O)[O-])c1. The van der Waals surface area contributed by atoms with Crippen LogP contribution in [0.3, 0.4) is 0 Å². The van der Waals surface area contributed by atoms with Crippen molar-refractivity contribution in [2.24, 2.45) is 5.10 Å². The number of hydrazone groups is 1. The van der Waals surface area contributed by atoms with Crippen molar-refractivity contribution in [2.45, 2.75) is 12.6 Å². The lowest BCUT2D eigenvalue weighted by Crippen LogP contribution is -2.19. The summed E-state index contributed by atoms with van der Waals surface area (Å²) in [5.74, 6) is -0.474. The van der Waals surface area contributed by atoms with Crippen molar-refractivity contribution in [3.05, 3.63) is 80.8 Å². The zero-order valence-corrected chi connectivity index (χ0v) is 16.4. The number of rotatable bonds is 7. The molecule has 0 saturated carbocycles. The average molecular weight is 449 g/mol. The normalized spacial score (nSPS) is 11.5. The van der Waals surface area contributed by atoms with Crippen LogP contribution in [-0.4, -0.2) is 22.0 Å². The number of alkyl halides is 3. The van der Waals surface area contributed by atoms with Gasteiger partial charge < -0.3 is 5.32 Å². The van der Waals surface area contributed by atoms with Gasteiger partial charge >= 0.3 is 6.18 Å². The molecule has 0 spiro atoms. The fraction of sp³-hybridized carbons (Fsp3) is 0.105. The summed E-state index contributed by atoms with van der Waals surface area (Å²) in [6.45, 7) is 0. The van der Waals surface area contributed by atoms with Crippen LogP contribution < -0.4 is 10.7 Å². The van der Waals surface area contributed by atoms with E-state index in [0.717, 1.165) is 23.5 Å². The van der Waals surface area contributed by atoms with Crippen molar-refractivity contribution < 1.29 is 22.9 Å². The third-order valence-corrected chi connectivity index (χ3v) is 4.63. The van der Waals surface area contributed by atoms with Gasteiger partial charge in [-0.3, -0.25) is 14.9 Å². The maximum Gasteiger partial charge on any atom is 0.416 e. The Kier molecular flexibility index (Phi) is 6.60. The van der Waals surface area contributed by atoms with E-state index in [0.29, 0.717) is 16.4 Å². The number of nitrogens with zero attached hydrogens (tertiary/aromatic N) is 3. The number of carbonyl (C=O) groups excluding carboxylic acids is 1. The lowest BCUT2D eigenvalue weighted by atomic mass is 10.2. The molecule has 8 nitrogen and oxygen atoms in total. The molecule has 0 aliphatic rings. The van der Waals surface area contributed by atoms with Crippen molar-refractivity contribution in [3.8, 4) is 0 Å². The van der Waals surface area contributed by atoms with Crippen molar-refractivity contribution in [1.82, 2.24) is 10.4 Å². The molecular formula is C19H14F3N5O3S. The minimum atomic E-state index is -4.45. The van der Waals surface area contributed by atoms with Gasteiger partial charge in [0, 0.05) is 28.8 Å². The molecule has 12 heteroatoms. The van der Waals surface area contributed by atoms with Crippen LogP contribution in [0.1, 0.15) is 16.8 Å². The van der Waals surface area contributed by atoms with E-state index in [1.54, 1.807) is 11.4 Å². The molecule has 31 heavy (non-hydrogen) atoms. The van der Waals surface area contributed by atoms with Crippen molar-refractivity contribution >= 4 is 40.0 Å². The maximum atomic E-state index is 12.8. The molecule has 160 valence electrons. The van der Waals surface area contributed by atoms with Crippen LogP contribution in [0.4, 0.5) is 29.7 Å². The number of nitrogens with one attached hydrogen (secondary N) is 2. The number of thiazole rings is 1. The maximum absolute atomic E-state index is 12.8. The highest BCUT2D eigenvalue weighted by Gasteiger charge is 2.30. The molecule has 0 aliphatic carbocycles. The Hall–Kier alpha value is -3.80. The Morgan fingerprint density at radius 3 is 2.74 bits per heavy atom. The van der Waals surface area contributed by atoms with E-state index in [-0.39, 0.29) is 17.8 Å². The van der Waals surface area contributed by atoms with Crippen LogP contribution in [-0.2, 0) is 17.4 Å². The van der Waals surface area contributed by atoms with E-state index >= 15 is 0 Å². The van der Waals surface area contributed by atoms with E-state index in [9.17, 15) is 28.1 Å². The summed E-state index contributed by atoms with van der Waals surface area (Å²) in [5, 5.41) is 19.2. The van der Waals surface area contributed by atoms with Crippen LogP contribution in [0, 0.1) is 10.1 Å². The summed E-state index contributed by atoms with van der Waals surface area (Å²) in [4.78, 5) is 26.4. The molecule has 3 rings (SSSR count). The summed E-state index contributed by atoms with van der Waals surface area (Å²) in [6, 6.07) is 10.4. The van der Waals surface area contributed by atoms with E-state index in [4.69, 9.17) is 0 Å². The molecule has 0 atom stereocenters. The molecule has 2 N–H and O–H groups in total. The number of nitro benzene ring substituents is 1. The number of benzene rings is 2. The average Bonchev–Trinajstić information content (AvgIpc) is 3.14. The summed E-state index contributed by atoms with van der Waals surface area (Å²) in [6.07, 6.45) is -3.28. The highest BCUT2D eigenvalue weighted by Crippen LogP contribution is 2.31. The summed E-state index contributed by atoms with van der Waals surface area (Å²) < 4.78 is 38.4. The first-order valence-electron chi connectivity index (χ1n) is 8.66. The highest BCUT2D eigenvalue weighted by atomic mass is 32.1. The second-order valence-corrected chi connectivity index (χ2v) is 7.03. The Morgan fingerprint density at radius 2 is 2.00 bits per heavy atom. The predicted molar refractivity (Wildman–Crippen MR) is 109 cm³/mol. The number of carbonyl (C=O) groups is 1. The molecule has 0 radical (unpaired) electrons.